The molecular weight excluding hydrogens is 605 g/mol. The molecule has 0 aliphatic rings. The molecule has 0 heterocycles. The number of nitrogens with zero attached hydrogens (tertiary/aromatic N) is 2. The van der Waals surface area contributed by atoms with Gasteiger partial charge in [0.1, 0.15) is 5.57 Å². The molecule has 0 aliphatic heterocycles. The monoisotopic (exact) mass is 679 g/mol. The lowest BCUT2D eigenvalue weighted by atomic mass is 9.85. The average molecular weight is 679 g/mol. The summed E-state index contributed by atoms with van der Waals surface area (Å²) in [5.74, 6) is 3.04. The molecule has 0 unspecified atom stereocenters. The first-order valence-electron chi connectivity index (χ1n) is 21.2. The van der Waals surface area contributed by atoms with Crippen LogP contribution in [0.2, 0.25) is 0 Å². The third kappa shape index (κ3) is 18.9. The minimum Gasteiger partial charge on any atom is -0.348 e. The second-order valence-corrected chi connectivity index (χ2v) is 14.7. The smallest absolute Gasteiger partial charge is 0.307 e. The minimum atomic E-state index is 0.914. The van der Waals surface area contributed by atoms with Crippen molar-refractivity contribution in [2.24, 2.45) is 0 Å². The van der Waals surface area contributed by atoms with Gasteiger partial charge in [-0.3, -0.25) is 0 Å². The Morgan fingerprint density at radius 3 is 1.42 bits per heavy atom. The summed E-state index contributed by atoms with van der Waals surface area (Å²) >= 11 is 0. The van der Waals surface area contributed by atoms with Gasteiger partial charge in [-0.1, -0.05) is 198 Å². The standard InChI is InChI=1S/C48H74N2/c1-5-9-13-16-18-19-20-21-22-23-25-27-31-46(41-50-49)47(32-28-15-11-7-3)48(44-37-33-42(34-38-44)29-12-8-4)45-39-35-43(36-40-45)30-26-24-17-14-10-6-2/h27,31,33-40H,5-26,28-30,32H2,1-4H3. The Bertz CT molecular complexity index is 1270. The molecule has 2 aromatic rings. The predicted molar refractivity (Wildman–Crippen MR) is 221 cm³/mol. The van der Waals surface area contributed by atoms with E-state index in [2.05, 4.69) is 99.0 Å². The summed E-state index contributed by atoms with van der Waals surface area (Å²) in [6.07, 6.45) is 37.3. The summed E-state index contributed by atoms with van der Waals surface area (Å²) in [5, 5.41) is 0. The lowest BCUT2D eigenvalue weighted by Crippen LogP contribution is -2.00. The maximum absolute atomic E-state index is 9.85. The highest BCUT2D eigenvalue weighted by molar-refractivity contribution is 5.88. The molecule has 0 fully saturated rings. The molecule has 0 radical (unpaired) electrons. The van der Waals surface area contributed by atoms with Crippen LogP contribution in [0.3, 0.4) is 0 Å². The number of unbranched alkanes of at least 4 members (excludes halogenated alkanes) is 19. The Balaban J connectivity index is 2.34. The van der Waals surface area contributed by atoms with Crippen molar-refractivity contribution < 1.29 is 4.79 Å². The molecule has 2 rings (SSSR count). The molecule has 276 valence electrons. The second kappa shape index (κ2) is 29.8. The fraction of sp³-hybridized carbons (Fsp3) is 0.625. The van der Waals surface area contributed by atoms with Crippen molar-refractivity contribution in [3.8, 4) is 0 Å². The second-order valence-electron chi connectivity index (χ2n) is 14.7. The highest BCUT2D eigenvalue weighted by Crippen LogP contribution is 2.34. The molecule has 0 amide bonds. The zero-order chi connectivity index (χ0) is 35.9. The third-order valence-electron chi connectivity index (χ3n) is 10.2. The maximum Gasteiger partial charge on any atom is 0.307 e. The van der Waals surface area contributed by atoms with E-state index in [1.807, 2.05) is 0 Å². The average Bonchev–Trinajstić information content (AvgIpc) is 3.14. The first-order chi connectivity index (χ1) is 24.7. The molecule has 0 atom stereocenters. The zero-order valence-electron chi connectivity index (χ0n) is 33.1. The normalized spacial score (nSPS) is 11.8. The SMILES string of the molecule is CCCCCCCCCCCCC=CC(=C=[N+]=[N-])C(CCCCCC)=C(c1ccc(CCCC)cc1)c1ccc(CCCCCCCC)cc1. The Kier molecular flexibility index (Phi) is 25.8. The summed E-state index contributed by atoms with van der Waals surface area (Å²) in [7, 11) is 0. The molecule has 0 saturated carbocycles. The van der Waals surface area contributed by atoms with Gasteiger partial charge in [-0.25, -0.2) is 0 Å². The van der Waals surface area contributed by atoms with Crippen LogP contribution < -0.4 is 0 Å². The predicted octanol–water partition coefficient (Wildman–Crippen LogP) is 15.4. The van der Waals surface area contributed by atoms with Crippen molar-refractivity contribution in [3.05, 3.63) is 99.6 Å². The summed E-state index contributed by atoms with van der Waals surface area (Å²) < 4.78 is 0. The highest BCUT2D eigenvalue weighted by atomic mass is 14.8. The fourth-order valence-corrected chi connectivity index (χ4v) is 7.01. The fourth-order valence-electron chi connectivity index (χ4n) is 7.01. The summed E-state index contributed by atoms with van der Waals surface area (Å²) in [6, 6.07) is 18.6. The van der Waals surface area contributed by atoms with E-state index in [9.17, 15) is 5.53 Å². The van der Waals surface area contributed by atoms with E-state index in [1.165, 1.54) is 168 Å². The molecule has 2 heteroatoms. The van der Waals surface area contributed by atoms with Gasteiger partial charge in [0.2, 0.25) is 0 Å². The van der Waals surface area contributed by atoms with Crippen LogP contribution in [0.5, 0.6) is 0 Å². The van der Waals surface area contributed by atoms with E-state index in [-0.39, 0.29) is 0 Å². The first kappa shape index (κ1) is 43.2. The maximum atomic E-state index is 9.85. The molecule has 0 spiro atoms. The quantitative estimate of drug-likeness (QED) is 0.0259. The van der Waals surface area contributed by atoms with Crippen LogP contribution in [-0.2, 0) is 12.8 Å². The van der Waals surface area contributed by atoms with Crippen LogP contribution in [0.4, 0.5) is 0 Å². The van der Waals surface area contributed by atoms with Gasteiger partial charge < -0.3 is 5.53 Å². The Labute approximate surface area is 309 Å². The molecule has 0 aliphatic carbocycles. The molecular formula is C48H74N2. The van der Waals surface area contributed by atoms with Gasteiger partial charge >= 0.3 is 5.87 Å². The number of benzene rings is 2. The van der Waals surface area contributed by atoms with Gasteiger partial charge in [0.15, 0.2) is 0 Å². The molecule has 0 aromatic heterocycles. The van der Waals surface area contributed by atoms with Gasteiger partial charge in [0.25, 0.3) is 0 Å². The largest absolute Gasteiger partial charge is 0.348 e. The summed E-state index contributed by atoms with van der Waals surface area (Å²) in [4.78, 5) is 3.50. The lowest BCUT2D eigenvalue weighted by Gasteiger charge is -2.17. The Hall–Kier alpha value is -2.92. The third-order valence-corrected chi connectivity index (χ3v) is 10.2. The van der Waals surface area contributed by atoms with E-state index < -0.39 is 0 Å². The number of hydrogen-bond acceptors (Lipinski definition) is 0. The minimum absolute atomic E-state index is 0.914. The van der Waals surface area contributed by atoms with Gasteiger partial charge in [-0.05, 0) is 90.8 Å². The molecule has 2 nitrogen and oxygen atoms in total. The van der Waals surface area contributed by atoms with E-state index >= 15 is 0 Å². The number of hydrogen-bond donors (Lipinski definition) is 0. The van der Waals surface area contributed by atoms with E-state index in [1.54, 1.807) is 0 Å². The Morgan fingerprint density at radius 1 is 0.520 bits per heavy atom. The van der Waals surface area contributed by atoms with E-state index in [4.69, 9.17) is 0 Å². The molecule has 0 N–H and O–H groups in total. The van der Waals surface area contributed by atoms with Gasteiger partial charge in [-0.2, -0.15) is 0 Å². The number of allylic oxidation sites excluding steroid dienone is 4. The van der Waals surface area contributed by atoms with Crippen molar-refractivity contribution in [1.29, 1.82) is 0 Å². The van der Waals surface area contributed by atoms with Crippen LogP contribution >= 0.6 is 0 Å². The van der Waals surface area contributed by atoms with Crippen LogP contribution in [0.1, 0.15) is 204 Å². The Morgan fingerprint density at radius 2 is 0.940 bits per heavy atom. The van der Waals surface area contributed by atoms with Gasteiger partial charge in [-0.15, -0.1) is 4.79 Å². The van der Waals surface area contributed by atoms with Crippen molar-refractivity contribution in [3.63, 3.8) is 0 Å². The molecule has 2 aromatic carbocycles. The van der Waals surface area contributed by atoms with E-state index in [0.29, 0.717) is 0 Å². The molecule has 50 heavy (non-hydrogen) atoms. The van der Waals surface area contributed by atoms with Crippen molar-refractivity contribution in [2.75, 3.05) is 0 Å². The van der Waals surface area contributed by atoms with Crippen molar-refractivity contribution in [2.45, 2.75) is 195 Å². The summed E-state index contributed by atoms with van der Waals surface area (Å²) in [6.45, 7) is 9.11. The van der Waals surface area contributed by atoms with Crippen LogP contribution in [0.15, 0.2) is 71.8 Å². The van der Waals surface area contributed by atoms with Crippen LogP contribution in [-0.4, -0.2) is 10.7 Å². The number of aryl methyl sites for hydroxylation is 2. The van der Waals surface area contributed by atoms with Crippen molar-refractivity contribution >= 4 is 11.4 Å². The lowest BCUT2D eigenvalue weighted by molar-refractivity contribution is 0.00766. The molecule has 0 saturated heterocycles. The highest BCUT2D eigenvalue weighted by Gasteiger charge is 2.17. The first-order valence-corrected chi connectivity index (χ1v) is 21.2. The molecule has 0 bridgehead atoms. The van der Waals surface area contributed by atoms with Crippen molar-refractivity contribution in [1.82, 2.24) is 0 Å². The van der Waals surface area contributed by atoms with E-state index in [0.717, 1.165) is 37.7 Å². The summed E-state index contributed by atoms with van der Waals surface area (Å²) in [5.41, 5.74) is 18.6. The van der Waals surface area contributed by atoms with Crippen LogP contribution in [0.25, 0.3) is 11.1 Å². The van der Waals surface area contributed by atoms with Gasteiger partial charge in [0, 0.05) is 0 Å². The number of rotatable bonds is 30. The van der Waals surface area contributed by atoms with Crippen LogP contribution in [0, 0.1) is 0 Å². The van der Waals surface area contributed by atoms with Gasteiger partial charge in [0.05, 0.1) is 0 Å². The topological polar surface area (TPSA) is 36.4 Å². The zero-order valence-corrected chi connectivity index (χ0v) is 33.1.